The van der Waals surface area contributed by atoms with Gasteiger partial charge >= 0.3 is 0 Å². The molecule has 0 radical (unpaired) electrons. The van der Waals surface area contributed by atoms with Crippen molar-refractivity contribution in [1.82, 2.24) is 4.90 Å². The Kier molecular flexibility index (Phi) is 4.78. The van der Waals surface area contributed by atoms with Crippen LogP contribution in [0.1, 0.15) is 5.56 Å². The highest BCUT2D eigenvalue weighted by Gasteiger charge is 2.48. The molecule has 2 aliphatic rings. The van der Waals surface area contributed by atoms with Crippen LogP contribution in [0.25, 0.3) is 0 Å². The van der Waals surface area contributed by atoms with E-state index in [2.05, 4.69) is 11.6 Å². The molecule has 24 heavy (non-hydrogen) atoms. The minimum Gasteiger partial charge on any atom is -0.342 e. The van der Waals surface area contributed by atoms with E-state index < -0.39 is 9.84 Å². The second-order valence-corrected chi connectivity index (χ2v) is 9.19. The fourth-order valence-electron chi connectivity index (χ4n) is 2.91. The average Bonchev–Trinajstić information content (AvgIpc) is 2.95. The Morgan fingerprint density at radius 1 is 1.38 bits per heavy atom. The number of amidine groups is 1. The van der Waals surface area contributed by atoms with E-state index in [0.29, 0.717) is 17.3 Å². The van der Waals surface area contributed by atoms with Crippen LogP contribution in [0.15, 0.2) is 41.9 Å². The molecular formula is C16H17FN2O3S2. The molecular weight excluding hydrogens is 351 g/mol. The number of rotatable bonds is 4. The van der Waals surface area contributed by atoms with Gasteiger partial charge in [0.2, 0.25) is 0 Å². The number of carbonyl (C=O) groups excluding carboxylic acids is 1. The fourth-order valence-corrected chi connectivity index (χ4v) is 6.89. The van der Waals surface area contributed by atoms with Gasteiger partial charge in [-0.25, -0.2) is 12.8 Å². The number of aliphatic imine (C=N–C) groups is 1. The molecule has 0 unspecified atom stereocenters. The number of hydrogen-bond donors (Lipinski definition) is 0. The number of nitrogens with zero attached hydrogens (tertiary/aromatic N) is 2. The zero-order valence-corrected chi connectivity index (χ0v) is 14.5. The van der Waals surface area contributed by atoms with Gasteiger partial charge in [0.05, 0.1) is 24.0 Å². The van der Waals surface area contributed by atoms with Crippen LogP contribution in [0.2, 0.25) is 0 Å². The summed E-state index contributed by atoms with van der Waals surface area (Å²) in [4.78, 5) is 18.2. The first-order valence-electron chi connectivity index (χ1n) is 7.48. The quantitative estimate of drug-likeness (QED) is 0.756. The van der Waals surface area contributed by atoms with Crippen LogP contribution >= 0.6 is 11.8 Å². The highest BCUT2D eigenvalue weighted by Crippen LogP contribution is 2.38. The van der Waals surface area contributed by atoms with E-state index in [4.69, 9.17) is 0 Å². The van der Waals surface area contributed by atoms with Crippen LogP contribution in [0, 0.1) is 5.82 Å². The zero-order valence-electron chi connectivity index (χ0n) is 12.9. The lowest BCUT2D eigenvalue weighted by Crippen LogP contribution is -2.37. The minimum absolute atomic E-state index is 0.0832. The van der Waals surface area contributed by atoms with E-state index in [-0.39, 0.29) is 40.9 Å². The first-order valence-corrected chi connectivity index (χ1v) is 10.2. The van der Waals surface area contributed by atoms with Gasteiger partial charge in [-0.2, -0.15) is 4.99 Å². The summed E-state index contributed by atoms with van der Waals surface area (Å²) in [5, 5.41) is 0.458. The van der Waals surface area contributed by atoms with Crippen molar-refractivity contribution in [3.8, 4) is 0 Å². The summed E-state index contributed by atoms with van der Waals surface area (Å²) < 4.78 is 36.5. The molecule has 3 rings (SSSR count). The maximum absolute atomic E-state index is 12.9. The summed E-state index contributed by atoms with van der Waals surface area (Å²) in [5.41, 5.74) is 0.687. The fraction of sp³-hybridized carbons (Fsp3) is 0.375. The Labute approximate surface area is 144 Å². The number of carbonyl (C=O) groups is 1. The van der Waals surface area contributed by atoms with E-state index >= 15 is 0 Å². The molecule has 128 valence electrons. The average molecular weight is 368 g/mol. The Morgan fingerprint density at radius 3 is 2.75 bits per heavy atom. The highest BCUT2D eigenvalue weighted by molar-refractivity contribution is 8.15. The highest BCUT2D eigenvalue weighted by atomic mass is 32.2. The van der Waals surface area contributed by atoms with Gasteiger partial charge in [-0.05, 0) is 17.7 Å². The SMILES string of the molecule is C=CCN1C(=NC(=O)Cc2ccc(F)cc2)S[C@@H]2CS(=O)(=O)C[C@@H]21. The molecule has 5 nitrogen and oxygen atoms in total. The summed E-state index contributed by atoms with van der Waals surface area (Å²) in [7, 11) is -3.03. The van der Waals surface area contributed by atoms with E-state index in [1.165, 1.54) is 23.9 Å². The largest absolute Gasteiger partial charge is 0.342 e. The lowest BCUT2D eigenvalue weighted by molar-refractivity contribution is -0.117. The second-order valence-electron chi connectivity index (χ2n) is 5.83. The first-order chi connectivity index (χ1) is 11.4. The van der Waals surface area contributed by atoms with Crippen molar-refractivity contribution >= 4 is 32.7 Å². The van der Waals surface area contributed by atoms with E-state index in [9.17, 15) is 17.6 Å². The van der Waals surface area contributed by atoms with Crippen molar-refractivity contribution in [2.45, 2.75) is 17.7 Å². The Hall–Kier alpha value is -1.67. The summed E-state index contributed by atoms with van der Waals surface area (Å²) in [6, 6.07) is 5.56. The molecule has 2 saturated heterocycles. The van der Waals surface area contributed by atoms with Gasteiger partial charge in [-0.1, -0.05) is 30.0 Å². The smallest absolute Gasteiger partial charge is 0.252 e. The van der Waals surface area contributed by atoms with Crippen LogP contribution in [0.4, 0.5) is 4.39 Å². The van der Waals surface area contributed by atoms with E-state index in [1.807, 2.05) is 4.90 Å². The summed E-state index contributed by atoms with van der Waals surface area (Å²) >= 11 is 1.34. The van der Waals surface area contributed by atoms with Crippen molar-refractivity contribution < 1.29 is 17.6 Å². The lowest BCUT2D eigenvalue weighted by atomic mass is 10.1. The van der Waals surface area contributed by atoms with Crippen molar-refractivity contribution in [2.75, 3.05) is 18.1 Å². The monoisotopic (exact) mass is 368 g/mol. The number of amides is 1. The predicted molar refractivity (Wildman–Crippen MR) is 93.3 cm³/mol. The lowest BCUT2D eigenvalue weighted by Gasteiger charge is -2.22. The molecule has 0 aromatic heterocycles. The number of sulfone groups is 1. The van der Waals surface area contributed by atoms with Crippen molar-refractivity contribution in [3.05, 3.63) is 48.3 Å². The first kappa shape index (κ1) is 17.2. The molecule has 0 bridgehead atoms. The minimum atomic E-state index is -3.03. The van der Waals surface area contributed by atoms with Crippen molar-refractivity contribution in [2.24, 2.45) is 4.99 Å². The second kappa shape index (κ2) is 6.68. The van der Waals surface area contributed by atoms with Gasteiger partial charge < -0.3 is 4.90 Å². The molecule has 2 atom stereocenters. The molecule has 0 saturated carbocycles. The normalized spacial score (nSPS) is 26.5. The maximum atomic E-state index is 12.9. The Bertz CT molecular complexity index is 790. The molecule has 0 N–H and O–H groups in total. The third kappa shape index (κ3) is 3.70. The number of benzene rings is 1. The Morgan fingerprint density at radius 2 is 2.08 bits per heavy atom. The number of hydrogen-bond acceptors (Lipinski definition) is 4. The number of halogens is 1. The van der Waals surface area contributed by atoms with E-state index in [0.717, 1.165) is 0 Å². The molecule has 2 heterocycles. The summed E-state index contributed by atoms with van der Waals surface area (Å²) in [6.07, 6.45) is 1.76. The summed E-state index contributed by atoms with van der Waals surface area (Å²) in [5.74, 6) is -0.485. The molecule has 1 amide bonds. The van der Waals surface area contributed by atoms with Gasteiger partial charge in [-0.3, -0.25) is 4.79 Å². The van der Waals surface area contributed by atoms with Crippen LogP contribution < -0.4 is 0 Å². The van der Waals surface area contributed by atoms with E-state index in [1.54, 1.807) is 18.2 Å². The van der Waals surface area contributed by atoms with Crippen molar-refractivity contribution in [1.29, 1.82) is 0 Å². The third-order valence-corrected chi connectivity index (χ3v) is 7.24. The number of fused-ring (bicyclic) bond motifs is 1. The van der Waals surface area contributed by atoms with Gasteiger partial charge in [0.25, 0.3) is 5.91 Å². The molecule has 0 aliphatic carbocycles. The Balaban J connectivity index is 1.75. The van der Waals surface area contributed by atoms with Crippen LogP contribution in [0.5, 0.6) is 0 Å². The van der Waals surface area contributed by atoms with Gasteiger partial charge in [0.1, 0.15) is 5.82 Å². The molecule has 1 aromatic rings. The third-order valence-electron chi connectivity index (χ3n) is 3.99. The topological polar surface area (TPSA) is 66.8 Å². The molecule has 2 aliphatic heterocycles. The van der Waals surface area contributed by atoms with Gasteiger partial charge in [0, 0.05) is 11.8 Å². The van der Waals surface area contributed by atoms with Crippen LogP contribution in [0.3, 0.4) is 0 Å². The zero-order chi connectivity index (χ0) is 17.3. The van der Waals surface area contributed by atoms with Crippen LogP contribution in [-0.4, -0.2) is 53.7 Å². The molecule has 1 aromatic carbocycles. The molecule has 2 fully saturated rings. The van der Waals surface area contributed by atoms with Gasteiger partial charge in [0.15, 0.2) is 15.0 Å². The van der Waals surface area contributed by atoms with Crippen LogP contribution in [-0.2, 0) is 21.1 Å². The number of thioether (sulfide) groups is 1. The van der Waals surface area contributed by atoms with Gasteiger partial charge in [-0.15, -0.1) is 6.58 Å². The standard InChI is InChI=1S/C16H17FN2O3S2/c1-2-7-19-13-9-24(21,22)10-14(13)23-16(19)18-15(20)8-11-3-5-12(17)6-4-11/h2-6,13-14H,1,7-10H2/t13-,14+/m0/s1. The maximum Gasteiger partial charge on any atom is 0.252 e. The molecule has 0 spiro atoms. The van der Waals surface area contributed by atoms with Crippen molar-refractivity contribution in [3.63, 3.8) is 0 Å². The predicted octanol–water partition coefficient (Wildman–Crippen LogP) is 1.65. The molecule has 8 heteroatoms. The summed E-state index contributed by atoms with van der Waals surface area (Å²) in [6.45, 7) is 4.14.